The molecular weight excluding hydrogens is 425 g/mol. The number of para-hydroxylation sites is 1. The number of nitriles is 1. The molecule has 164 valence electrons. The molecule has 0 aliphatic rings. The van der Waals surface area contributed by atoms with E-state index in [4.69, 9.17) is 0 Å². The summed E-state index contributed by atoms with van der Waals surface area (Å²) in [5.41, 5.74) is 3.69. The van der Waals surface area contributed by atoms with Crippen molar-refractivity contribution in [3.05, 3.63) is 114 Å². The minimum Gasteiger partial charge on any atom is -0.337 e. The molecule has 4 aromatic carbocycles. The normalized spacial score (nSPS) is 11.5. The number of aromatic nitrogens is 1. The highest BCUT2D eigenvalue weighted by molar-refractivity contribution is 6.04. The first-order chi connectivity index (χ1) is 16.6. The molecule has 5 rings (SSSR count). The van der Waals surface area contributed by atoms with Crippen molar-refractivity contribution in [3.63, 3.8) is 0 Å². The van der Waals surface area contributed by atoms with E-state index in [2.05, 4.69) is 11.4 Å². The second-order valence-electron chi connectivity index (χ2n) is 7.98. The van der Waals surface area contributed by atoms with Gasteiger partial charge in [0.15, 0.2) is 0 Å². The van der Waals surface area contributed by atoms with Crippen LogP contribution in [0.5, 0.6) is 0 Å². The summed E-state index contributed by atoms with van der Waals surface area (Å²) in [6, 6.07) is 29.7. The number of rotatable bonds is 5. The number of nitrogens with one attached hydrogen (secondary N) is 1. The summed E-state index contributed by atoms with van der Waals surface area (Å²) in [4.78, 5) is 12.7. The lowest BCUT2D eigenvalue weighted by Crippen LogP contribution is -2.18. The van der Waals surface area contributed by atoms with E-state index in [1.807, 2.05) is 83.6 Å². The third-order valence-electron chi connectivity index (χ3n) is 5.76. The second kappa shape index (κ2) is 9.05. The quantitative estimate of drug-likeness (QED) is 0.309. The Morgan fingerprint density at radius 3 is 2.41 bits per heavy atom. The average molecular weight is 445 g/mol. The summed E-state index contributed by atoms with van der Waals surface area (Å²) in [6.45, 7) is 0.0852. The fourth-order valence-corrected chi connectivity index (χ4v) is 4.20. The number of benzene rings is 4. The Morgan fingerprint density at radius 1 is 0.912 bits per heavy atom. The van der Waals surface area contributed by atoms with Crippen LogP contribution in [0.25, 0.3) is 33.3 Å². The highest BCUT2D eigenvalue weighted by atomic mass is 19.1. The van der Waals surface area contributed by atoms with E-state index < -0.39 is 0 Å². The van der Waals surface area contributed by atoms with Gasteiger partial charge in [-0.3, -0.25) is 4.79 Å². The van der Waals surface area contributed by atoms with Crippen molar-refractivity contribution in [1.29, 1.82) is 5.26 Å². The molecule has 4 nitrogen and oxygen atoms in total. The van der Waals surface area contributed by atoms with E-state index in [0.717, 1.165) is 32.8 Å². The summed E-state index contributed by atoms with van der Waals surface area (Å²) in [7, 11) is 0. The number of carbonyl (C=O) groups is 1. The molecule has 0 saturated heterocycles. The molecule has 1 aromatic heterocycles. The lowest BCUT2D eigenvalue weighted by atomic mass is 9.97. The summed E-state index contributed by atoms with van der Waals surface area (Å²) in [5.74, 6) is -0.581. The SMILES string of the molecule is N#C/C(=C\c1cn(CC(=O)Nc2ccc(F)cc2)c2ccccc12)c1cccc2ccccc12. The molecule has 5 heteroatoms. The van der Waals surface area contributed by atoms with Crippen LogP contribution in [-0.2, 0) is 11.3 Å². The Bertz CT molecular complexity index is 1580. The van der Waals surface area contributed by atoms with Crippen LogP contribution in [0.4, 0.5) is 10.1 Å². The van der Waals surface area contributed by atoms with Crippen LogP contribution in [0.1, 0.15) is 11.1 Å². The van der Waals surface area contributed by atoms with Crippen LogP contribution < -0.4 is 5.32 Å². The van der Waals surface area contributed by atoms with Gasteiger partial charge in [-0.15, -0.1) is 0 Å². The van der Waals surface area contributed by atoms with Crippen LogP contribution in [0.3, 0.4) is 0 Å². The molecule has 0 atom stereocenters. The van der Waals surface area contributed by atoms with Crippen molar-refractivity contribution in [2.24, 2.45) is 0 Å². The number of anilines is 1. The molecule has 1 N–H and O–H groups in total. The zero-order valence-corrected chi connectivity index (χ0v) is 18.2. The molecule has 1 amide bonds. The van der Waals surface area contributed by atoms with Crippen LogP contribution >= 0.6 is 0 Å². The molecule has 0 radical (unpaired) electrons. The Labute approximate surface area is 196 Å². The maximum Gasteiger partial charge on any atom is 0.244 e. The summed E-state index contributed by atoms with van der Waals surface area (Å²) in [6.07, 6.45) is 3.76. The largest absolute Gasteiger partial charge is 0.337 e. The summed E-state index contributed by atoms with van der Waals surface area (Å²) >= 11 is 0. The monoisotopic (exact) mass is 445 g/mol. The summed E-state index contributed by atoms with van der Waals surface area (Å²) in [5, 5.41) is 15.8. The Balaban J connectivity index is 1.52. The number of hydrogen-bond acceptors (Lipinski definition) is 2. The van der Waals surface area contributed by atoms with Crippen LogP contribution in [-0.4, -0.2) is 10.5 Å². The predicted molar refractivity (Wildman–Crippen MR) is 134 cm³/mol. The molecular formula is C29H20FN3O. The first-order valence-electron chi connectivity index (χ1n) is 10.9. The third kappa shape index (κ3) is 4.17. The van der Waals surface area contributed by atoms with E-state index in [0.29, 0.717) is 11.3 Å². The lowest BCUT2D eigenvalue weighted by Gasteiger charge is -2.07. The standard InChI is InChI=1S/C29H20FN3O/c30-23-12-14-24(15-13-23)32-29(34)19-33-18-22(27-9-3-4-11-28(27)33)16-21(17-31)26-10-5-7-20-6-1-2-8-25(20)26/h1-16,18H,19H2,(H,32,34)/b21-16+. The number of hydrogen-bond donors (Lipinski definition) is 1. The van der Waals surface area contributed by atoms with Crippen LogP contribution in [0, 0.1) is 17.1 Å². The van der Waals surface area contributed by atoms with Crippen molar-refractivity contribution < 1.29 is 9.18 Å². The molecule has 0 fully saturated rings. The van der Waals surface area contributed by atoms with Gasteiger partial charge in [0.05, 0.1) is 11.6 Å². The van der Waals surface area contributed by atoms with Crippen molar-refractivity contribution in [2.45, 2.75) is 6.54 Å². The molecule has 0 aliphatic heterocycles. The van der Waals surface area contributed by atoms with Crippen molar-refractivity contribution in [3.8, 4) is 6.07 Å². The average Bonchev–Trinajstić information content (AvgIpc) is 3.20. The van der Waals surface area contributed by atoms with E-state index in [1.54, 1.807) is 0 Å². The van der Waals surface area contributed by atoms with Gasteiger partial charge in [-0.25, -0.2) is 4.39 Å². The number of halogens is 1. The number of carbonyl (C=O) groups excluding carboxylic acids is 1. The number of amides is 1. The Kier molecular flexibility index (Phi) is 5.63. The van der Waals surface area contributed by atoms with E-state index in [1.165, 1.54) is 24.3 Å². The fraction of sp³-hybridized carbons (Fsp3) is 0.0345. The zero-order chi connectivity index (χ0) is 23.5. The predicted octanol–water partition coefficient (Wildman–Crippen LogP) is 6.64. The van der Waals surface area contributed by atoms with E-state index >= 15 is 0 Å². The molecule has 0 unspecified atom stereocenters. The minimum absolute atomic E-state index is 0.0852. The minimum atomic E-state index is -0.356. The summed E-state index contributed by atoms with van der Waals surface area (Å²) < 4.78 is 15.0. The van der Waals surface area contributed by atoms with Gasteiger partial charge in [-0.2, -0.15) is 5.26 Å². The molecule has 5 aromatic rings. The van der Waals surface area contributed by atoms with Crippen LogP contribution in [0.15, 0.2) is 97.2 Å². The van der Waals surface area contributed by atoms with Gasteiger partial charge in [0, 0.05) is 33.9 Å². The van der Waals surface area contributed by atoms with Crippen molar-refractivity contribution >= 4 is 44.9 Å². The van der Waals surface area contributed by atoms with Gasteiger partial charge in [0.25, 0.3) is 0 Å². The maximum absolute atomic E-state index is 13.1. The van der Waals surface area contributed by atoms with Gasteiger partial charge in [-0.1, -0.05) is 60.7 Å². The lowest BCUT2D eigenvalue weighted by molar-refractivity contribution is -0.116. The molecule has 0 bridgehead atoms. The fourth-order valence-electron chi connectivity index (χ4n) is 4.20. The van der Waals surface area contributed by atoms with Gasteiger partial charge in [-0.05, 0) is 47.2 Å². The second-order valence-corrected chi connectivity index (χ2v) is 7.98. The van der Waals surface area contributed by atoms with Crippen LogP contribution in [0.2, 0.25) is 0 Å². The molecule has 0 spiro atoms. The molecule has 34 heavy (non-hydrogen) atoms. The first kappa shape index (κ1) is 21.2. The zero-order valence-electron chi connectivity index (χ0n) is 18.2. The maximum atomic E-state index is 13.1. The van der Waals surface area contributed by atoms with E-state index in [-0.39, 0.29) is 18.3 Å². The molecule has 0 aliphatic carbocycles. The first-order valence-corrected chi connectivity index (χ1v) is 10.9. The van der Waals surface area contributed by atoms with Gasteiger partial charge in [0.1, 0.15) is 12.4 Å². The Morgan fingerprint density at radius 2 is 1.62 bits per heavy atom. The topological polar surface area (TPSA) is 57.8 Å². The number of allylic oxidation sites excluding steroid dienone is 1. The molecule has 1 heterocycles. The highest BCUT2D eigenvalue weighted by Crippen LogP contribution is 2.29. The van der Waals surface area contributed by atoms with Gasteiger partial charge >= 0.3 is 0 Å². The number of fused-ring (bicyclic) bond motifs is 2. The molecule has 0 saturated carbocycles. The smallest absolute Gasteiger partial charge is 0.244 e. The van der Waals surface area contributed by atoms with E-state index in [9.17, 15) is 14.4 Å². The van der Waals surface area contributed by atoms with Crippen molar-refractivity contribution in [2.75, 3.05) is 5.32 Å². The number of nitrogens with zero attached hydrogens (tertiary/aromatic N) is 2. The van der Waals surface area contributed by atoms with Gasteiger partial charge in [0.2, 0.25) is 5.91 Å². The van der Waals surface area contributed by atoms with Gasteiger partial charge < -0.3 is 9.88 Å². The third-order valence-corrected chi connectivity index (χ3v) is 5.76. The highest BCUT2D eigenvalue weighted by Gasteiger charge is 2.13. The Hall–Kier alpha value is -4.69. The van der Waals surface area contributed by atoms with Crippen molar-refractivity contribution in [1.82, 2.24) is 4.57 Å².